The zero-order chi connectivity index (χ0) is 19.4. The molecule has 27 heavy (non-hydrogen) atoms. The third-order valence-electron chi connectivity index (χ3n) is 5.11. The lowest BCUT2D eigenvalue weighted by Gasteiger charge is -2.13. The van der Waals surface area contributed by atoms with Crippen molar-refractivity contribution in [2.75, 3.05) is 0 Å². The number of carbonyl (C=O) groups excluding carboxylic acids is 1. The highest BCUT2D eigenvalue weighted by atomic mass is 16.1. The number of amides is 1. The first-order valence-electron chi connectivity index (χ1n) is 9.43. The molecule has 0 atom stereocenters. The van der Waals surface area contributed by atoms with Gasteiger partial charge in [-0.05, 0) is 56.0 Å². The van der Waals surface area contributed by atoms with Gasteiger partial charge in [-0.1, -0.05) is 42.8 Å². The Morgan fingerprint density at radius 3 is 2.44 bits per heavy atom. The molecule has 0 aliphatic heterocycles. The summed E-state index contributed by atoms with van der Waals surface area (Å²) in [6.07, 6.45) is 2.66. The maximum absolute atomic E-state index is 13.0. The fourth-order valence-corrected chi connectivity index (χ4v) is 3.59. The summed E-state index contributed by atoms with van der Waals surface area (Å²) in [7, 11) is 0. The second-order valence-electron chi connectivity index (χ2n) is 6.97. The molecular weight excluding hydrogens is 334 g/mol. The molecule has 0 radical (unpaired) electrons. The summed E-state index contributed by atoms with van der Waals surface area (Å²) >= 11 is 0. The Balaban J connectivity index is 1.90. The topological polar surface area (TPSA) is 46.9 Å². The molecule has 0 fully saturated rings. The predicted molar refractivity (Wildman–Crippen MR) is 109 cm³/mol. The second kappa shape index (κ2) is 8.21. The van der Waals surface area contributed by atoms with E-state index in [4.69, 9.17) is 0 Å². The van der Waals surface area contributed by atoms with E-state index in [1.165, 1.54) is 22.4 Å². The number of nitrogens with zero attached hydrogens (tertiary/aromatic N) is 2. The Hall–Kier alpha value is -2.88. The van der Waals surface area contributed by atoms with Crippen LogP contribution >= 0.6 is 0 Å². The average molecular weight is 361 g/mol. The fourth-order valence-electron chi connectivity index (χ4n) is 3.59. The molecule has 0 spiro atoms. The van der Waals surface area contributed by atoms with Gasteiger partial charge in [-0.3, -0.25) is 9.78 Å². The fraction of sp³-hybridized carbons (Fsp3) is 0.304. The maximum atomic E-state index is 13.0. The Kier molecular flexibility index (Phi) is 5.75. The van der Waals surface area contributed by atoms with E-state index in [1.807, 2.05) is 25.1 Å². The van der Waals surface area contributed by atoms with Crippen LogP contribution in [0.15, 0.2) is 48.7 Å². The first kappa shape index (κ1) is 18.9. The van der Waals surface area contributed by atoms with Crippen molar-refractivity contribution >= 4 is 5.91 Å². The van der Waals surface area contributed by atoms with E-state index in [0.29, 0.717) is 13.1 Å². The molecule has 0 saturated heterocycles. The van der Waals surface area contributed by atoms with Crippen molar-refractivity contribution < 1.29 is 4.79 Å². The van der Waals surface area contributed by atoms with Crippen molar-refractivity contribution in [2.45, 2.75) is 47.2 Å². The quantitative estimate of drug-likeness (QED) is 0.709. The maximum Gasteiger partial charge on any atom is 0.268 e. The summed E-state index contributed by atoms with van der Waals surface area (Å²) in [5.41, 5.74) is 7.53. The molecular formula is C23H27N3O. The van der Waals surface area contributed by atoms with Gasteiger partial charge >= 0.3 is 0 Å². The highest BCUT2D eigenvalue weighted by Crippen LogP contribution is 2.24. The smallest absolute Gasteiger partial charge is 0.268 e. The van der Waals surface area contributed by atoms with E-state index >= 15 is 0 Å². The van der Waals surface area contributed by atoms with E-state index in [2.05, 4.69) is 59.9 Å². The zero-order valence-corrected chi connectivity index (χ0v) is 16.5. The van der Waals surface area contributed by atoms with Gasteiger partial charge in [0.05, 0.1) is 12.2 Å². The number of rotatable bonds is 6. The standard InChI is InChI=1S/C23H27N3O/c1-5-21-17(3)22(23(27)25-14-20-8-6-7-13-24-20)26(18(21)4)15-19-11-9-16(2)10-12-19/h6-13H,5,14-15H2,1-4H3,(H,25,27). The van der Waals surface area contributed by atoms with Crippen molar-refractivity contribution in [2.24, 2.45) is 0 Å². The van der Waals surface area contributed by atoms with Gasteiger partial charge in [0.15, 0.2) is 0 Å². The number of aryl methyl sites for hydroxylation is 1. The molecule has 4 nitrogen and oxygen atoms in total. The Morgan fingerprint density at radius 1 is 1.07 bits per heavy atom. The van der Waals surface area contributed by atoms with Crippen molar-refractivity contribution in [3.8, 4) is 0 Å². The van der Waals surface area contributed by atoms with Crippen molar-refractivity contribution in [3.05, 3.63) is 88.0 Å². The lowest BCUT2D eigenvalue weighted by molar-refractivity contribution is 0.0940. The molecule has 1 amide bonds. The molecule has 1 N–H and O–H groups in total. The van der Waals surface area contributed by atoms with Gasteiger partial charge in [0.2, 0.25) is 0 Å². The van der Waals surface area contributed by atoms with Gasteiger partial charge in [-0.15, -0.1) is 0 Å². The third kappa shape index (κ3) is 4.11. The zero-order valence-electron chi connectivity index (χ0n) is 16.5. The summed E-state index contributed by atoms with van der Waals surface area (Å²) in [5.74, 6) is -0.0481. The van der Waals surface area contributed by atoms with Crippen molar-refractivity contribution in [3.63, 3.8) is 0 Å². The highest BCUT2D eigenvalue weighted by Gasteiger charge is 2.21. The number of pyridine rings is 1. The Labute approximate surface area is 161 Å². The Morgan fingerprint density at radius 2 is 1.81 bits per heavy atom. The summed E-state index contributed by atoms with van der Waals surface area (Å²) in [6, 6.07) is 14.2. The van der Waals surface area contributed by atoms with Gasteiger partial charge in [0.25, 0.3) is 5.91 Å². The average Bonchev–Trinajstić information content (AvgIpc) is 2.92. The van der Waals surface area contributed by atoms with Crippen LogP contribution in [-0.2, 0) is 19.5 Å². The highest BCUT2D eigenvalue weighted by molar-refractivity contribution is 5.95. The summed E-state index contributed by atoms with van der Waals surface area (Å²) < 4.78 is 2.15. The van der Waals surface area contributed by atoms with Crippen molar-refractivity contribution in [1.29, 1.82) is 0 Å². The van der Waals surface area contributed by atoms with Gasteiger partial charge < -0.3 is 9.88 Å². The summed E-state index contributed by atoms with van der Waals surface area (Å²) in [4.78, 5) is 17.3. The molecule has 1 aromatic carbocycles. The lowest BCUT2D eigenvalue weighted by Crippen LogP contribution is -2.27. The first-order valence-corrected chi connectivity index (χ1v) is 9.43. The minimum atomic E-state index is -0.0481. The Bertz CT molecular complexity index is 925. The van der Waals surface area contributed by atoms with Crippen LogP contribution in [0, 0.1) is 20.8 Å². The van der Waals surface area contributed by atoms with Crippen LogP contribution in [0.1, 0.15) is 51.1 Å². The molecule has 4 heteroatoms. The minimum Gasteiger partial charge on any atom is -0.345 e. The number of benzene rings is 1. The molecule has 2 aromatic heterocycles. The van der Waals surface area contributed by atoms with E-state index in [0.717, 1.165) is 23.4 Å². The van der Waals surface area contributed by atoms with Crippen LogP contribution in [0.25, 0.3) is 0 Å². The first-order chi connectivity index (χ1) is 13.0. The van der Waals surface area contributed by atoms with Crippen LogP contribution < -0.4 is 5.32 Å². The third-order valence-corrected chi connectivity index (χ3v) is 5.11. The minimum absolute atomic E-state index is 0.0481. The molecule has 3 rings (SSSR count). The van der Waals surface area contributed by atoms with E-state index in [-0.39, 0.29) is 5.91 Å². The van der Waals surface area contributed by atoms with Gasteiger partial charge in [-0.25, -0.2) is 0 Å². The van der Waals surface area contributed by atoms with Crippen molar-refractivity contribution in [1.82, 2.24) is 14.9 Å². The van der Waals surface area contributed by atoms with Crippen LogP contribution in [0.2, 0.25) is 0 Å². The lowest BCUT2D eigenvalue weighted by atomic mass is 10.1. The molecule has 0 unspecified atom stereocenters. The summed E-state index contributed by atoms with van der Waals surface area (Å²) in [5, 5.41) is 3.03. The summed E-state index contributed by atoms with van der Waals surface area (Å²) in [6.45, 7) is 9.50. The number of aromatic nitrogens is 2. The van der Waals surface area contributed by atoms with E-state index < -0.39 is 0 Å². The predicted octanol–water partition coefficient (Wildman–Crippen LogP) is 4.35. The van der Waals surface area contributed by atoms with Gasteiger partial charge in [0.1, 0.15) is 5.69 Å². The van der Waals surface area contributed by atoms with Crippen LogP contribution in [0.5, 0.6) is 0 Å². The molecule has 140 valence electrons. The molecule has 0 bridgehead atoms. The molecule has 3 aromatic rings. The van der Waals surface area contributed by atoms with Crippen LogP contribution in [-0.4, -0.2) is 15.5 Å². The number of hydrogen-bond donors (Lipinski definition) is 1. The van der Waals surface area contributed by atoms with Gasteiger partial charge in [0, 0.05) is 18.4 Å². The molecule has 0 saturated carbocycles. The van der Waals surface area contributed by atoms with Crippen LogP contribution in [0.4, 0.5) is 0 Å². The number of carbonyl (C=O) groups is 1. The number of nitrogens with one attached hydrogen (secondary N) is 1. The SMILES string of the molecule is CCc1c(C)c(C(=O)NCc2ccccn2)n(Cc2ccc(C)cc2)c1C. The number of hydrogen-bond acceptors (Lipinski definition) is 2. The van der Waals surface area contributed by atoms with E-state index in [9.17, 15) is 4.79 Å². The van der Waals surface area contributed by atoms with E-state index in [1.54, 1.807) is 6.20 Å². The monoisotopic (exact) mass is 361 g/mol. The molecule has 0 aliphatic rings. The largest absolute Gasteiger partial charge is 0.345 e. The normalized spacial score (nSPS) is 10.8. The molecule has 2 heterocycles. The van der Waals surface area contributed by atoms with Gasteiger partial charge in [-0.2, -0.15) is 0 Å². The second-order valence-corrected chi connectivity index (χ2v) is 6.97. The molecule has 0 aliphatic carbocycles. The van der Waals surface area contributed by atoms with Crippen LogP contribution in [0.3, 0.4) is 0 Å².